The smallest absolute Gasteiger partial charge is 0.315 e. The molecule has 0 spiro atoms. The molecule has 23 heavy (non-hydrogen) atoms. The van der Waals surface area contributed by atoms with Gasteiger partial charge >= 0.3 is 6.03 Å². The highest BCUT2D eigenvalue weighted by Crippen LogP contribution is 2.16. The number of amides is 2. The number of ether oxygens (including phenoxy) is 1. The molecule has 124 valence electrons. The molecule has 0 bridgehead atoms. The zero-order valence-corrected chi connectivity index (χ0v) is 13.3. The van der Waals surface area contributed by atoms with Crippen molar-refractivity contribution in [1.82, 2.24) is 20.2 Å². The fourth-order valence-corrected chi connectivity index (χ4v) is 2.16. The second-order valence-electron chi connectivity index (χ2n) is 5.30. The van der Waals surface area contributed by atoms with E-state index in [9.17, 15) is 9.90 Å². The Morgan fingerprint density at radius 3 is 2.74 bits per heavy atom. The van der Waals surface area contributed by atoms with Gasteiger partial charge in [-0.2, -0.15) is 0 Å². The molecule has 7 heteroatoms. The van der Waals surface area contributed by atoms with Gasteiger partial charge < -0.3 is 25.0 Å². The molecule has 2 rings (SSSR count). The molecule has 1 heterocycles. The van der Waals surface area contributed by atoms with Gasteiger partial charge in [-0.15, -0.1) is 0 Å². The van der Waals surface area contributed by atoms with E-state index in [1.807, 2.05) is 17.7 Å². The topological polar surface area (TPSA) is 88.4 Å². The van der Waals surface area contributed by atoms with Gasteiger partial charge in [-0.05, 0) is 24.6 Å². The molecule has 0 aliphatic rings. The molecule has 2 atom stereocenters. The quantitative estimate of drug-likeness (QED) is 0.718. The SMILES string of the molecule is COc1ccc([C@@H](O)CNC(=O)N[C@@H](C)Cn2ccnc2)cc1. The van der Waals surface area contributed by atoms with Crippen LogP contribution >= 0.6 is 0 Å². The van der Waals surface area contributed by atoms with Gasteiger partial charge in [-0.3, -0.25) is 0 Å². The molecule has 7 nitrogen and oxygen atoms in total. The number of carbonyl (C=O) groups excluding carboxylic acids is 1. The van der Waals surface area contributed by atoms with Crippen LogP contribution < -0.4 is 15.4 Å². The molecule has 0 aliphatic carbocycles. The van der Waals surface area contributed by atoms with Crippen molar-refractivity contribution < 1.29 is 14.6 Å². The molecular weight excluding hydrogens is 296 g/mol. The molecule has 2 aromatic rings. The average molecular weight is 318 g/mol. The van der Waals surface area contributed by atoms with Crippen LogP contribution in [0.25, 0.3) is 0 Å². The van der Waals surface area contributed by atoms with Gasteiger partial charge in [-0.25, -0.2) is 9.78 Å². The number of rotatable bonds is 7. The fraction of sp³-hybridized carbons (Fsp3) is 0.375. The maximum absolute atomic E-state index is 11.8. The number of imidazole rings is 1. The second-order valence-corrected chi connectivity index (χ2v) is 5.30. The number of methoxy groups -OCH3 is 1. The lowest BCUT2D eigenvalue weighted by atomic mass is 10.1. The summed E-state index contributed by atoms with van der Waals surface area (Å²) in [5.74, 6) is 0.722. The van der Waals surface area contributed by atoms with Gasteiger partial charge in [0.1, 0.15) is 5.75 Å². The van der Waals surface area contributed by atoms with Crippen LogP contribution in [0.15, 0.2) is 43.0 Å². The highest BCUT2D eigenvalue weighted by molar-refractivity contribution is 5.74. The zero-order valence-electron chi connectivity index (χ0n) is 13.3. The number of nitrogens with zero attached hydrogens (tertiary/aromatic N) is 2. The summed E-state index contributed by atoms with van der Waals surface area (Å²) in [6, 6.07) is 6.71. The third kappa shape index (κ3) is 5.30. The summed E-state index contributed by atoms with van der Waals surface area (Å²) < 4.78 is 6.95. The van der Waals surface area contributed by atoms with Crippen molar-refractivity contribution in [2.75, 3.05) is 13.7 Å². The monoisotopic (exact) mass is 318 g/mol. The van der Waals surface area contributed by atoms with Crippen LogP contribution in [-0.4, -0.2) is 40.4 Å². The normalized spacial score (nSPS) is 13.2. The number of nitrogens with one attached hydrogen (secondary N) is 2. The van der Waals surface area contributed by atoms with Crippen LogP contribution in [0.3, 0.4) is 0 Å². The zero-order chi connectivity index (χ0) is 16.7. The Balaban J connectivity index is 1.74. The number of benzene rings is 1. The average Bonchev–Trinajstić information content (AvgIpc) is 3.05. The largest absolute Gasteiger partial charge is 0.497 e. The Kier molecular flexibility index (Phi) is 5.99. The van der Waals surface area contributed by atoms with E-state index in [2.05, 4.69) is 15.6 Å². The molecule has 0 fully saturated rings. The summed E-state index contributed by atoms with van der Waals surface area (Å²) in [6.45, 7) is 2.67. The first kappa shape index (κ1) is 16.8. The number of carbonyl (C=O) groups is 1. The van der Waals surface area contributed by atoms with E-state index in [0.29, 0.717) is 6.54 Å². The third-order valence-electron chi connectivity index (χ3n) is 3.38. The number of aromatic nitrogens is 2. The predicted octanol–water partition coefficient (Wildman–Crippen LogP) is 1.31. The number of hydrogen-bond acceptors (Lipinski definition) is 4. The van der Waals surface area contributed by atoms with E-state index in [4.69, 9.17) is 4.74 Å². The Bertz CT molecular complexity index is 598. The first-order valence-electron chi connectivity index (χ1n) is 7.40. The molecule has 0 radical (unpaired) electrons. The number of aliphatic hydroxyl groups is 1. The number of aliphatic hydroxyl groups excluding tert-OH is 1. The highest BCUT2D eigenvalue weighted by Gasteiger charge is 2.11. The number of urea groups is 1. The lowest BCUT2D eigenvalue weighted by Crippen LogP contribution is -2.43. The van der Waals surface area contributed by atoms with Gasteiger partial charge in [0, 0.05) is 31.5 Å². The lowest BCUT2D eigenvalue weighted by Gasteiger charge is -2.17. The van der Waals surface area contributed by atoms with Gasteiger partial charge in [0.05, 0.1) is 19.5 Å². The van der Waals surface area contributed by atoms with Crippen molar-refractivity contribution in [1.29, 1.82) is 0 Å². The van der Waals surface area contributed by atoms with Crippen LogP contribution in [0.2, 0.25) is 0 Å². The first-order valence-corrected chi connectivity index (χ1v) is 7.40. The maximum Gasteiger partial charge on any atom is 0.315 e. The lowest BCUT2D eigenvalue weighted by molar-refractivity contribution is 0.172. The van der Waals surface area contributed by atoms with Crippen LogP contribution in [-0.2, 0) is 6.54 Å². The molecule has 0 aliphatic heterocycles. The Labute approximate surface area is 135 Å². The van der Waals surface area contributed by atoms with Gasteiger partial charge in [0.15, 0.2) is 0 Å². The van der Waals surface area contributed by atoms with Crippen LogP contribution in [0.5, 0.6) is 5.75 Å². The summed E-state index contributed by atoms with van der Waals surface area (Å²) in [6.07, 6.45) is 4.46. The van der Waals surface area contributed by atoms with Crippen molar-refractivity contribution in [3.63, 3.8) is 0 Å². The van der Waals surface area contributed by atoms with Crippen molar-refractivity contribution in [2.24, 2.45) is 0 Å². The molecule has 0 saturated heterocycles. The highest BCUT2D eigenvalue weighted by atomic mass is 16.5. The van der Waals surface area contributed by atoms with E-state index >= 15 is 0 Å². The summed E-state index contributed by atoms with van der Waals surface area (Å²) in [5, 5.41) is 15.6. The number of hydrogen-bond donors (Lipinski definition) is 3. The minimum absolute atomic E-state index is 0.0534. The molecule has 1 aromatic heterocycles. The second kappa shape index (κ2) is 8.19. The predicted molar refractivity (Wildman–Crippen MR) is 86.2 cm³/mol. The minimum Gasteiger partial charge on any atom is -0.497 e. The molecule has 1 aromatic carbocycles. The van der Waals surface area contributed by atoms with E-state index in [-0.39, 0.29) is 18.6 Å². The Morgan fingerprint density at radius 2 is 2.13 bits per heavy atom. The third-order valence-corrected chi connectivity index (χ3v) is 3.38. The van der Waals surface area contributed by atoms with E-state index < -0.39 is 6.10 Å². The summed E-state index contributed by atoms with van der Waals surface area (Å²) in [4.78, 5) is 15.8. The molecule has 3 N–H and O–H groups in total. The summed E-state index contributed by atoms with van der Waals surface area (Å²) in [7, 11) is 1.59. The van der Waals surface area contributed by atoms with Crippen molar-refractivity contribution in [2.45, 2.75) is 25.6 Å². The Hall–Kier alpha value is -2.54. The van der Waals surface area contributed by atoms with Crippen molar-refractivity contribution in [3.05, 3.63) is 48.5 Å². The standard InChI is InChI=1S/C16H22N4O3/c1-12(10-20-8-7-17-11-20)19-16(22)18-9-15(21)13-3-5-14(23-2)6-4-13/h3-8,11-12,15,21H,9-10H2,1-2H3,(H2,18,19,22)/t12-,15-/m0/s1. The van der Waals surface area contributed by atoms with Gasteiger partial charge in [0.2, 0.25) is 0 Å². The first-order chi connectivity index (χ1) is 11.1. The maximum atomic E-state index is 11.8. The van der Waals surface area contributed by atoms with E-state index in [0.717, 1.165) is 11.3 Å². The van der Waals surface area contributed by atoms with Crippen LogP contribution in [0.1, 0.15) is 18.6 Å². The fourth-order valence-electron chi connectivity index (χ4n) is 2.16. The summed E-state index contributed by atoms with van der Waals surface area (Å²) in [5.41, 5.74) is 0.720. The molecule has 2 amide bonds. The van der Waals surface area contributed by atoms with Gasteiger partial charge in [-0.1, -0.05) is 12.1 Å². The Morgan fingerprint density at radius 1 is 1.39 bits per heavy atom. The summed E-state index contributed by atoms with van der Waals surface area (Å²) >= 11 is 0. The van der Waals surface area contributed by atoms with Crippen molar-refractivity contribution in [3.8, 4) is 5.75 Å². The van der Waals surface area contributed by atoms with E-state index in [1.54, 1.807) is 43.9 Å². The van der Waals surface area contributed by atoms with Crippen LogP contribution in [0, 0.1) is 0 Å². The van der Waals surface area contributed by atoms with E-state index in [1.165, 1.54) is 0 Å². The van der Waals surface area contributed by atoms with Crippen molar-refractivity contribution >= 4 is 6.03 Å². The molecular formula is C16H22N4O3. The minimum atomic E-state index is -0.768. The molecule has 0 saturated carbocycles. The van der Waals surface area contributed by atoms with Crippen LogP contribution in [0.4, 0.5) is 4.79 Å². The molecule has 0 unspecified atom stereocenters. The van der Waals surface area contributed by atoms with Gasteiger partial charge in [0.25, 0.3) is 0 Å².